The van der Waals surface area contributed by atoms with Crippen LogP contribution in [0.1, 0.15) is 48.2 Å². The Balaban J connectivity index is 1.52. The molecule has 7 nitrogen and oxygen atoms in total. The zero-order chi connectivity index (χ0) is 19.7. The Bertz CT molecular complexity index is 839. The second-order valence-corrected chi connectivity index (χ2v) is 8.09. The van der Waals surface area contributed by atoms with Gasteiger partial charge in [0, 0.05) is 45.3 Å². The standard InChI is InChI=1S/C21H30N6O/c1-15(2)18-6-4-5-7-19(18)27-16(3)23-20(24-27)21(28)26-11-8-17(14-26)25-12-9-22-10-13-25/h4-7,15,17,22H,8-14H2,1-3H3. The molecule has 1 aromatic carbocycles. The van der Waals surface area contributed by atoms with Gasteiger partial charge in [-0.3, -0.25) is 9.69 Å². The van der Waals surface area contributed by atoms with E-state index in [4.69, 9.17) is 0 Å². The van der Waals surface area contributed by atoms with Crippen molar-refractivity contribution in [3.63, 3.8) is 0 Å². The maximum atomic E-state index is 13.0. The Hall–Kier alpha value is -2.25. The highest BCUT2D eigenvalue weighted by Gasteiger charge is 2.33. The lowest BCUT2D eigenvalue weighted by atomic mass is 10.0. The fourth-order valence-corrected chi connectivity index (χ4v) is 4.29. The minimum Gasteiger partial charge on any atom is -0.334 e. The molecule has 150 valence electrons. The van der Waals surface area contributed by atoms with Gasteiger partial charge in [0.1, 0.15) is 5.82 Å². The summed E-state index contributed by atoms with van der Waals surface area (Å²) in [7, 11) is 0. The van der Waals surface area contributed by atoms with Crippen molar-refractivity contribution in [2.24, 2.45) is 0 Å². The number of carbonyl (C=O) groups excluding carboxylic acids is 1. The summed E-state index contributed by atoms with van der Waals surface area (Å²) in [6.45, 7) is 12.0. The molecule has 4 rings (SSSR count). The van der Waals surface area contributed by atoms with Crippen LogP contribution in [0.5, 0.6) is 0 Å². The van der Waals surface area contributed by atoms with E-state index in [0.29, 0.717) is 17.8 Å². The number of carbonyl (C=O) groups is 1. The molecule has 2 fully saturated rings. The molecule has 7 heteroatoms. The van der Waals surface area contributed by atoms with E-state index in [1.54, 1.807) is 0 Å². The molecule has 2 aliphatic rings. The Morgan fingerprint density at radius 1 is 1.18 bits per heavy atom. The predicted octanol–water partition coefficient (Wildman–Crippen LogP) is 1.82. The van der Waals surface area contributed by atoms with Crippen LogP contribution in [-0.4, -0.2) is 75.8 Å². The molecule has 1 atom stereocenters. The first kappa shape index (κ1) is 19.1. The summed E-state index contributed by atoms with van der Waals surface area (Å²) in [5.41, 5.74) is 2.20. The Kier molecular flexibility index (Phi) is 5.46. The van der Waals surface area contributed by atoms with E-state index in [9.17, 15) is 4.79 Å². The number of aryl methyl sites for hydroxylation is 1. The number of rotatable bonds is 4. The van der Waals surface area contributed by atoms with Gasteiger partial charge in [0.15, 0.2) is 0 Å². The van der Waals surface area contributed by atoms with Crippen molar-refractivity contribution in [3.8, 4) is 5.69 Å². The first-order valence-electron chi connectivity index (χ1n) is 10.3. The number of likely N-dealkylation sites (tertiary alicyclic amines) is 1. The highest BCUT2D eigenvalue weighted by molar-refractivity contribution is 5.90. The molecule has 0 spiro atoms. The molecule has 28 heavy (non-hydrogen) atoms. The van der Waals surface area contributed by atoms with Crippen molar-refractivity contribution in [2.45, 2.75) is 39.2 Å². The van der Waals surface area contributed by atoms with Crippen LogP contribution in [0, 0.1) is 6.92 Å². The Morgan fingerprint density at radius 2 is 1.93 bits per heavy atom. The van der Waals surface area contributed by atoms with Crippen LogP contribution in [0.4, 0.5) is 0 Å². The molecule has 0 aliphatic carbocycles. The van der Waals surface area contributed by atoms with Gasteiger partial charge in [-0.15, -0.1) is 5.10 Å². The maximum absolute atomic E-state index is 13.0. The molecule has 2 saturated heterocycles. The zero-order valence-electron chi connectivity index (χ0n) is 17.1. The van der Waals surface area contributed by atoms with Gasteiger partial charge < -0.3 is 10.2 Å². The fourth-order valence-electron chi connectivity index (χ4n) is 4.29. The normalized spacial score (nSPS) is 20.9. The van der Waals surface area contributed by atoms with E-state index < -0.39 is 0 Å². The highest BCUT2D eigenvalue weighted by Crippen LogP contribution is 2.24. The molecular formula is C21H30N6O. The van der Waals surface area contributed by atoms with Gasteiger partial charge in [0.25, 0.3) is 5.91 Å². The van der Waals surface area contributed by atoms with Crippen LogP contribution < -0.4 is 5.32 Å². The van der Waals surface area contributed by atoms with Crippen molar-refractivity contribution in [2.75, 3.05) is 39.3 Å². The minimum absolute atomic E-state index is 0.0542. The van der Waals surface area contributed by atoms with E-state index in [0.717, 1.165) is 57.2 Å². The molecule has 0 bridgehead atoms. The number of nitrogens with zero attached hydrogens (tertiary/aromatic N) is 5. The molecule has 2 aliphatic heterocycles. The number of amides is 1. The smallest absolute Gasteiger partial charge is 0.293 e. The molecule has 1 amide bonds. The van der Waals surface area contributed by atoms with Gasteiger partial charge in [0.05, 0.1) is 5.69 Å². The van der Waals surface area contributed by atoms with Gasteiger partial charge in [-0.05, 0) is 30.9 Å². The van der Waals surface area contributed by atoms with Crippen LogP contribution in [0.2, 0.25) is 0 Å². The SMILES string of the molecule is Cc1nc(C(=O)N2CCC(N3CCNCC3)C2)nn1-c1ccccc1C(C)C. The van der Waals surface area contributed by atoms with Crippen LogP contribution in [0.3, 0.4) is 0 Å². The third-order valence-corrected chi connectivity index (χ3v) is 5.87. The zero-order valence-corrected chi connectivity index (χ0v) is 17.1. The summed E-state index contributed by atoms with van der Waals surface area (Å²) >= 11 is 0. The van der Waals surface area contributed by atoms with Gasteiger partial charge in [-0.1, -0.05) is 32.0 Å². The average molecular weight is 383 g/mol. The summed E-state index contributed by atoms with van der Waals surface area (Å²) in [6, 6.07) is 8.65. The minimum atomic E-state index is -0.0542. The Morgan fingerprint density at radius 3 is 2.68 bits per heavy atom. The summed E-state index contributed by atoms with van der Waals surface area (Å²) in [4.78, 5) is 22.0. The second-order valence-electron chi connectivity index (χ2n) is 8.09. The number of piperazine rings is 1. The number of para-hydroxylation sites is 1. The molecular weight excluding hydrogens is 352 g/mol. The van der Waals surface area contributed by atoms with Crippen LogP contribution in [0.25, 0.3) is 5.69 Å². The number of hydrogen-bond donors (Lipinski definition) is 1. The number of hydrogen-bond acceptors (Lipinski definition) is 5. The molecule has 1 aromatic heterocycles. The largest absolute Gasteiger partial charge is 0.334 e. The van der Waals surface area contributed by atoms with Crippen molar-refractivity contribution in [1.29, 1.82) is 0 Å². The molecule has 3 heterocycles. The van der Waals surface area contributed by atoms with Gasteiger partial charge in [-0.25, -0.2) is 9.67 Å². The van der Waals surface area contributed by atoms with Crippen LogP contribution >= 0.6 is 0 Å². The van der Waals surface area contributed by atoms with Gasteiger partial charge in [-0.2, -0.15) is 0 Å². The lowest BCUT2D eigenvalue weighted by Gasteiger charge is -2.32. The number of nitrogens with one attached hydrogen (secondary N) is 1. The van der Waals surface area contributed by atoms with E-state index in [-0.39, 0.29) is 5.91 Å². The van der Waals surface area contributed by atoms with E-state index in [1.165, 1.54) is 5.56 Å². The molecule has 0 saturated carbocycles. The highest BCUT2D eigenvalue weighted by atomic mass is 16.2. The quantitative estimate of drug-likeness (QED) is 0.874. The van der Waals surface area contributed by atoms with Crippen molar-refractivity contribution >= 4 is 5.91 Å². The number of benzene rings is 1. The molecule has 0 radical (unpaired) electrons. The fraction of sp³-hybridized carbons (Fsp3) is 0.571. The van der Waals surface area contributed by atoms with E-state index in [1.807, 2.05) is 34.7 Å². The third kappa shape index (κ3) is 3.69. The molecule has 1 N–H and O–H groups in total. The Labute approximate surface area is 166 Å². The van der Waals surface area contributed by atoms with Crippen molar-refractivity contribution < 1.29 is 4.79 Å². The molecule has 1 unspecified atom stereocenters. The summed E-state index contributed by atoms with van der Waals surface area (Å²) in [6.07, 6.45) is 1.03. The lowest BCUT2D eigenvalue weighted by Crippen LogP contribution is -2.49. The second kappa shape index (κ2) is 8.01. The summed E-state index contributed by atoms with van der Waals surface area (Å²) in [5, 5.41) is 7.99. The van der Waals surface area contributed by atoms with Gasteiger partial charge >= 0.3 is 0 Å². The van der Waals surface area contributed by atoms with E-state index >= 15 is 0 Å². The lowest BCUT2D eigenvalue weighted by molar-refractivity contribution is 0.0761. The molecule has 2 aromatic rings. The first-order chi connectivity index (χ1) is 13.5. The third-order valence-electron chi connectivity index (χ3n) is 5.87. The average Bonchev–Trinajstić information content (AvgIpc) is 3.35. The monoisotopic (exact) mass is 382 g/mol. The first-order valence-corrected chi connectivity index (χ1v) is 10.3. The maximum Gasteiger partial charge on any atom is 0.293 e. The van der Waals surface area contributed by atoms with Gasteiger partial charge in [0.2, 0.25) is 5.82 Å². The summed E-state index contributed by atoms with van der Waals surface area (Å²) in [5.74, 6) is 1.37. The van der Waals surface area contributed by atoms with Crippen LogP contribution in [0.15, 0.2) is 24.3 Å². The van der Waals surface area contributed by atoms with Crippen molar-refractivity contribution in [1.82, 2.24) is 29.9 Å². The van der Waals surface area contributed by atoms with Crippen molar-refractivity contribution in [3.05, 3.63) is 41.5 Å². The van der Waals surface area contributed by atoms with E-state index in [2.05, 4.69) is 40.2 Å². The number of aromatic nitrogens is 3. The summed E-state index contributed by atoms with van der Waals surface area (Å²) < 4.78 is 1.81. The van der Waals surface area contributed by atoms with Crippen LogP contribution in [-0.2, 0) is 0 Å². The topological polar surface area (TPSA) is 66.3 Å². The predicted molar refractivity (Wildman–Crippen MR) is 109 cm³/mol.